The number of H-pyrrole nitrogens is 2. The number of anilines is 1. The molecule has 0 atom stereocenters. The molecule has 0 aliphatic carbocycles. The highest BCUT2D eigenvalue weighted by Crippen LogP contribution is 2.30. The summed E-state index contributed by atoms with van der Waals surface area (Å²) in [4.78, 5) is 19.4. The van der Waals surface area contributed by atoms with Crippen molar-refractivity contribution in [1.29, 1.82) is 0 Å². The number of fused-ring (bicyclic) bond motifs is 3. The van der Waals surface area contributed by atoms with Crippen molar-refractivity contribution in [2.24, 2.45) is 0 Å². The first-order valence-corrected chi connectivity index (χ1v) is 8.63. The molecule has 3 aromatic heterocycles. The van der Waals surface area contributed by atoms with Gasteiger partial charge in [0.2, 0.25) is 5.91 Å². The van der Waals surface area contributed by atoms with E-state index in [4.69, 9.17) is 5.73 Å². The van der Waals surface area contributed by atoms with E-state index >= 15 is 0 Å². The van der Waals surface area contributed by atoms with Crippen molar-refractivity contribution in [3.8, 4) is 11.3 Å². The van der Waals surface area contributed by atoms with Gasteiger partial charge in [0.15, 0.2) is 0 Å². The Hall–Kier alpha value is -3.39. The number of benzene rings is 1. The average molecular weight is 366 g/mol. The van der Waals surface area contributed by atoms with E-state index in [0.29, 0.717) is 25.2 Å². The topological polar surface area (TPSA) is 144 Å². The Labute approximate surface area is 155 Å². The van der Waals surface area contributed by atoms with Gasteiger partial charge in [0, 0.05) is 47.6 Å². The minimum absolute atomic E-state index is 0. The van der Waals surface area contributed by atoms with Crippen LogP contribution in [-0.4, -0.2) is 38.1 Å². The Morgan fingerprint density at radius 1 is 1.22 bits per heavy atom. The third-order valence-corrected chi connectivity index (χ3v) is 4.51. The number of pyridine rings is 1. The van der Waals surface area contributed by atoms with E-state index < -0.39 is 0 Å². The molecular formula is C19H22N6O2. The molecule has 0 saturated carbocycles. The smallest absolute Gasteiger partial charge is 0.219 e. The summed E-state index contributed by atoms with van der Waals surface area (Å²) >= 11 is 0. The number of carbonyl (C=O) groups is 1. The van der Waals surface area contributed by atoms with Gasteiger partial charge >= 0.3 is 0 Å². The number of nitrogen functional groups attached to an aromatic ring is 1. The summed E-state index contributed by atoms with van der Waals surface area (Å²) in [7, 11) is 0. The van der Waals surface area contributed by atoms with Crippen LogP contribution >= 0.6 is 0 Å². The van der Waals surface area contributed by atoms with Crippen molar-refractivity contribution in [3.05, 3.63) is 42.2 Å². The fourth-order valence-corrected chi connectivity index (χ4v) is 3.13. The standard InChI is InChI=1S/C19H20N6O.H2O/c1-2-17(26)21-7-5-12-10-14-18(23-12)13-4-3-11(15-6-8-22-25-15)9-16(13)24-19(14)20;/h3-4,6,8-10,23H,2,5,7H2,1H3,(H2,20,24)(H,21,26)(H,22,25);1H2. The third-order valence-electron chi connectivity index (χ3n) is 4.51. The summed E-state index contributed by atoms with van der Waals surface area (Å²) in [5.74, 6) is 0.549. The van der Waals surface area contributed by atoms with Gasteiger partial charge < -0.3 is 21.5 Å². The summed E-state index contributed by atoms with van der Waals surface area (Å²) < 4.78 is 0. The minimum atomic E-state index is 0. The first kappa shape index (κ1) is 18.4. The molecule has 0 unspecified atom stereocenters. The summed E-state index contributed by atoms with van der Waals surface area (Å²) in [6, 6.07) is 10.0. The molecule has 0 aliphatic heterocycles. The lowest BCUT2D eigenvalue weighted by atomic mass is 10.1. The number of carbonyl (C=O) groups excluding carboxylic acids is 1. The number of hydrogen-bond donors (Lipinski definition) is 4. The van der Waals surface area contributed by atoms with Crippen LogP contribution in [0.4, 0.5) is 5.82 Å². The lowest BCUT2D eigenvalue weighted by molar-refractivity contribution is -0.120. The van der Waals surface area contributed by atoms with Crippen LogP contribution < -0.4 is 11.1 Å². The van der Waals surface area contributed by atoms with Crippen molar-refractivity contribution in [2.75, 3.05) is 12.3 Å². The highest BCUT2D eigenvalue weighted by Gasteiger charge is 2.11. The van der Waals surface area contributed by atoms with Crippen LogP contribution in [0.3, 0.4) is 0 Å². The molecule has 27 heavy (non-hydrogen) atoms. The number of aromatic amines is 2. The van der Waals surface area contributed by atoms with E-state index in [-0.39, 0.29) is 11.4 Å². The van der Waals surface area contributed by atoms with Crippen LogP contribution in [0.5, 0.6) is 0 Å². The maximum Gasteiger partial charge on any atom is 0.219 e. The normalized spacial score (nSPS) is 10.9. The van der Waals surface area contributed by atoms with E-state index in [9.17, 15) is 4.79 Å². The zero-order chi connectivity index (χ0) is 18.1. The van der Waals surface area contributed by atoms with Crippen LogP contribution in [0.25, 0.3) is 33.1 Å². The van der Waals surface area contributed by atoms with Gasteiger partial charge in [-0.3, -0.25) is 9.89 Å². The second-order valence-electron chi connectivity index (χ2n) is 6.24. The van der Waals surface area contributed by atoms with E-state index in [2.05, 4.69) is 25.5 Å². The van der Waals surface area contributed by atoms with Crippen LogP contribution in [0, 0.1) is 0 Å². The predicted molar refractivity (Wildman–Crippen MR) is 106 cm³/mol. The molecule has 0 radical (unpaired) electrons. The molecule has 0 bridgehead atoms. The van der Waals surface area contributed by atoms with E-state index in [1.807, 2.05) is 37.3 Å². The first-order valence-electron chi connectivity index (χ1n) is 8.63. The Kier molecular flexibility index (Phi) is 5.09. The predicted octanol–water partition coefficient (Wildman–Crippen LogP) is 1.93. The second kappa shape index (κ2) is 7.46. The molecule has 4 rings (SSSR count). The maximum atomic E-state index is 11.4. The molecule has 0 spiro atoms. The molecule has 0 saturated heterocycles. The summed E-state index contributed by atoms with van der Waals surface area (Å²) in [6.45, 7) is 2.43. The van der Waals surface area contributed by atoms with Crippen molar-refractivity contribution in [3.63, 3.8) is 0 Å². The van der Waals surface area contributed by atoms with Crippen LogP contribution in [-0.2, 0) is 11.2 Å². The fraction of sp³-hybridized carbons (Fsp3) is 0.211. The van der Waals surface area contributed by atoms with Gasteiger partial charge in [-0.25, -0.2) is 4.98 Å². The Balaban J connectivity index is 0.00000210. The Bertz CT molecular complexity index is 1080. The van der Waals surface area contributed by atoms with Crippen LogP contribution in [0.1, 0.15) is 19.0 Å². The number of aromatic nitrogens is 4. The van der Waals surface area contributed by atoms with Crippen molar-refractivity contribution in [1.82, 2.24) is 25.5 Å². The molecule has 0 aliphatic rings. The monoisotopic (exact) mass is 366 g/mol. The van der Waals surface area contributed by atoms with Crippen LogP contribution in [0.15, 0.2) is 36.5 Å². The fourth-order valence-electron chi connectivity index (χ4n) is 3.13. The number of nitrogens with two attached hydrogens (primary N) is 1. The molecule has 0 fully saturated rings. The minimum Gasteiger partial charge on any atom is -0.412 e. The van der Waals surface area contributed by atoms with Gasteiger partial charge in [-0.05, 0) is 18.2 Å². The molecule has 140 valence electrons. The van der Waals surface area contributed by atoms with Crippen LogP contribution in [0.2, 0.25) is 0 Å². The van der Waals surface area contributed by atoms with Gasteiger partial charge in [-0.2, -0.15) is 5.10 Å². The Morgan fingerprint density at radius 3 is 2.81 bits per heavy atom. The van der Waals surface area contributed by atoms with Crippen molar-refractivity contribution < 1.29 is 10.3 Å². The molecular weight excluding hydrogens is 344 g/mol. The number of hydrogen-bond acceptors (Lipinski definition) is 4. The SMILES string of the molecule is CCC(=O)NCCc1cc2c(N)nc3cc(-c4ccn[nH]4)ccc3c2[nH]1.O. The van der Waals surface area contributed by atoms with E-state index in [0.717, 1.165) is 38.8 Å². The summed E-state index contributed by atoms with van der Waals surface area (Å²) in [5.41, 5.74) is 11.0. The number of nitrogens with one attached hydrogen (secondary N) is 3. The van der Waals surface area contributed by atoms with Crippen molar-refractivity contribution in [2.45, 2.75) is 19.8 Å². The zero-order valence-corrected chi connectivity index (χ0v) is 15.0. The van der Waals surface area contributed by atoms with E-state index in [1.165, 1.54) is 0 Å². The number of nitrogens with zero attached hydrogens (tertiary/aromatic N) is 2. The third kappa shape index (κ3) is 3.47. The molecule has 8 heteroatoms. The lowest BCUT2D eigenvalue weighted by Crippen LogP contribution is -2.24. The Morgan fingerprint density at radius 2 is 2.07 bits per heavy atom. The first-order chi connectivity index (χ1) is 12.7. The maximum absolute atomic E-state index is 11.4. The highest BCUT2D eigenvalue weighted by molar-refractivity contribution is 6.08. The van der Waals surface area contributed by atoms with Gasteiger partial charge in [-0.1, -0.05) is 19.1 Å². The summed E-state index contributed by atoms with van der Waals surface area (Å²) in [6.07, 6.45) is 2.93. The van der Waals surface area contributed by atoms with Gasteiger partial charge in [0.25, 0.3) is 0 Å². The molecule has 7 N–H and O–H groups in total. The average Bonchev–Trinajstić information content (AvgIpc) is 3.31. The number of amides is 1. The quantitative estimate of drug-likeness (QED) is 0.428. The van der Waals surface area contributed by atoms with E-state index in [1.54, 1.807) is 6.20 Å². The second-order valence-corrected chi connectivity index (χ2v) is 6.24. The molecule has 4 aromatic rings. The molecule has 3 heterocycles. The van der Waals surface area contributed by atoms with Crippen molar-refractivity contribution >= 4 is 33.5 Å². The molecule has 1 amide bonds. The summed E-state index contributed by atoms with van der Waals surface area (Å²) in [5, 5.41) is 11.8. The lowest BCUT2D eigenvalue weighted by Gasteiger charge is -2.05. The van der Waals surface area contributed by atoms with Gasteiger partial charge in [0.05, 0.1) is 16.7 Å². The van der Waals surface area contributed by atoms with Gasteiger partial charge in [-0.15, -0.1) is 0 Å². The highest BCUT2D eigenvalue weighted by atomic mass is 16.1. The zero-order valence-electron chi connectivity index (χ0n) is 15.0. The number of rotatable bonds is 5. The largest absolute Gasteiger partial charge is 0.412 e. The van der Waals surface area contributed by atoms with Gasteiger partial charge in [0.1, 0.15) is 5.82 Å². The molecule has 1 aromatic carbocycles. The molecule has 8 nitrogen and oxygen atoms in total.